The van der Waals surface area contributed by atoms with E-state index in [9.17, 15) is 18.0 Å². The molecule has 0 radical (unpaired) electrons. The molecule has 0 unspecified atom stereocenters. The molecular formula is C24H23ClN2O6S. The van der Waals surface area contributed by atoms with Gasteiger partial charge in [-0.15, -0.1) is 0 Å². The second kappa shape index (κ2) is 10.6. The lowest BCUT2D eigenvalue weighted by atomic mass is 10.1. The van der Waals surface area contributed by atoms with Gasteiger partial charge in [0.25, 0.3) is 10.0 Å². The number of hydrogen-bond donors (Lipinski definition) is 1. The number of ether oxygens (including phenoxy) is 2. The second-order valence-corrected chi connectivity index (χ2v) is 9.51. The SMILES string of the molecule is COC(=O)c1ccc(C)c(NC(=O)CN(c2cc(Cl)ccc2OC)S(=O)(=O)c2ccccc2)c1. The van der Waals surface area contributed by atoms with Crippen LogP contribution in [0.2, 0.25) is 5.02 Å². The van der Waals surface area contributed by atoms with Crippen molar-refractivity contribution in [2.24, 2.45) is 0 Å². The molecule has 0 fully saturated rings. The normalized spacial score (nSPS) is 10.9. The number of benzene rings is 3. The standard InChI is InChI=1S/C24H23ClN2O6S/c1-16-9-10-17(24(29)33-3)13-20(16)26-23(28)15-27(21-14-18(25)11-12-22(21)32-2)34(30,31)19-7-5-4-6-8-19/h4-14H,15H2,1-3H3,(H,26,28). The zero-order valence-corrected chi connectivity index (χ0v) is 20.3. The first kappa shape index (κ1) is 25.1. The van der Waals surface area contributed by atoms with Gasteiger partial charge < -0.3 is 14.8 Å². The van der Waals surface area contributed by atoms with Gasteiger partial charge in [0.2, 0.25) is 5.91 Å². The van der Waals surface area contributed by atoms with Crippen LogP contribution in [0.5, 0.6) is 5.75 Å². The molecule has 0 spiro atoms. The van der Waals surface area contributed by atoms with Gasteiger partial charge >= 0.3 is 5.97 Å². The molecule has 1 N–H and O–H groups in total. The van der Waals surface area contributed by atoms with Crippen LogP contribution < -0.4 is 14.4 Å². The van der Waals surface area contributed by atoms with Crippen molar-refractivity contribution in [3.63, 3.8) is 0 Å². The molecule has 1 amide bonds. The summed E-state index contributed by atoms with van der Waals surface area (Å²) < 4.78 is 38.1. The molecule has 3 rings (SSSR count). The summed E-state index contributed by atoms with van der Waals surface area (Å²) in [6.07, 6.45) is 0. The monoisotopic (exact) mass is 502 g/mol. The highest BCUT2D eigenvalue weighted by Crippen LogP contribution is 2.35. The first-order chi connectivity index (χ1) is 16.2. The number of amides is 1. The Kier molecular flexibility index (Phi) is 7.80. The zero-order valence-electron chi connectivity index (χ0n) is 18.7. The van der Waals surface area contributed by atoms with E-state index in [-0.39, 0.29) is 26.9 Å². The highest BCUT2D eigenvalue weighted by Gasteiger charge is 2.30. The number of hydrogen-bond acceptors (Lipinski definition) is 6. The van der Waals surface area contributed by atoms with Gasteiger partial charge in [0, 0.05) is 10.7 Å². The zero-order chi connectivity index (χ0) is 24.9. The van der Waals surface area contributed by atoms with Crippen molar-refractivity contribution in [2.45, 2.75) is 11.8 Å². The third kappa shape index (κ3) is 5.49. The number of anilines is 2. The maximum atomic E-state index is 13.5. The Morgan fingerprint density at radius 3 is 2.35 bits per heavy atom. The predicted octanol–water partition coefficient (Wildman–Crippen LogP) is 4.28. The van der Waals surface area contributed by atoms with Gasteiger partial charge in [-0.25, -0.2) is 13.2 Å². The lowest BCUT2D eigenvalue weighted by Gasteiger charge is -2.26. The van der Waals surface area contributed by atoms with E-state index in [2.05, 4.69) is 5.32 Å². The van der Waals surface area contributed by atoms with Crippen LogP contribution in [0.25, 0.3) is 0 Å². The number of halogens is 1. The lowest BCUT2D eigenvalue weighted by Crippen LogP contribution is -2.38. The maximum absolute atomic E-state index is 13.5. The summed E-state index contributed by atoms with van der Waals surface area (Å²) in [6, 6.07) is 16.9. The van der Waals surface area contributed by atoms with Crippen molar-refractivity contribution in [3.8, 4) is 5.75 Å². The third-order valence-corrected chi connectivity index (χ3v) is 6.97. The number of sulfonamides is 1. The van der Waals surface area contributed by atoms with E-state index < -0.39 is 28.4 Å². The van der Waals surface area contributed by atoms with Crippen LogP contribution in [-0.2, 0) is 19.6 Å². The van der Waals surface area contributed by atoms with Crippen LogP contribution in [0.4, 0.5) is 11.4 Å². The Hall–Kier alpha value is -3.56. The minimum absolute atomic E-state index is 0.00584. The molecule has 0 atom stereocenters. The molecule has 34 heavy (non-hydrogen) atoms. The quantitative estimate of drug-likeness (QED) is 0.461. The first-order valence-electron chi connectivity index (χ1n) is 10.1. The number of rotatable bonds is 8. The van der Waals surface area contributed by atoms with E-state index in [1.54, 1.807) is 43.3 Å². The van der Waals surface area contributed by atoms with Crippen LogP contribution in [0, 0.1) is 6.92 Å². The average molecular weight is 503 g/mol. The molecule has 0 aromatic heterocycles. The van der Waals surface area contributed by atoms with E-state index in [4.69, 9.17) is 21.1 Å². The summed E-state index contributed by atoms with van der Waals surface area (Å²) in [6.45, 7) is 1.17. The Morgan fingerprint density at radius 1 is 1.00 bits per heavy atom. The molecule has 0 saturated heterocycles. The van der Waals surface area contributed by atoms with Crippen molar-refractivity contribution in [3.05, 3.63) is 82.9 Å². The fraction of sp³-hybridized carbons (Fsp3) is 0.167. The molecule has 0 saturated carbocycles. The molecule has 0 heterocycles. The molecule has 8 nitrogen and oxygen atoms in total. The van der Waals surface area contributed by atoms with Crippen LogP contribution in [0.3, 0.4) is 0 Å². The average Bonchev–Trinajstić information content (AvgIpc) is 2.83. The van der Waals surface area contributed by atoms with Crippen molar-refractivity contribution >= 4 is 44.9 Å². The van der Waals surface area contributed by atoms with Crippen LogP contribution in [0.15, 0.2) is 71.6 Å². The molecule has 10 heteroatoms. The van der Waals surface area contributed by atoms with Gasteiger partial charge in [0.15, 0.2) is 0 Å². The smallest absolute Gasteiger partial charge is 0.337 e. The van der Waals surface area contributed by atoms with E-state index in [1.807, 2.05) is 0 Å². The molecule has 3 aromatic rings. The second-order valence-electron chi connectivity index (χ2n) is 7.21. The maximum Gasteiger partial charge on any atom is 0.337 e. The number of aryl methyl sites for hydroxylation is 1. The van der Waals surface area contributed by atoms with Gasteiger partial charge in [0.1, 0.15) is 12.3 Å². The van der Waals surface area contributed by atoms with E-state index >= 15 is 0 Å². The summed E-state index contributed by atoms with van der Waals surface area (Å²) in [5, 5.41) is 2.95. The van der Waals surface area contributed by atoms with Crippen molar-refractivity contribution in [2.75, 3.05) is 30.4 Å². The fourth-order valence-electron chi connectivity index (χ4n) is 3.20. The lowest BCUT2D eigenvalue weighted by molar-refractivity contribution is -0.114. The number of nitrogens with one attached hydrogen (secondary N) is 1. The summed E-state index contributed by atoms with van der Waals surface area (Å²) in [7, 11) is -1.52. The molecule has 178 valence electrons. The van der Waals surface area contributed by atoms with E-state index in [0.717, 1.165) is 4.31 Å². The van der Waals surface area contributed by atoms with E-state index in [0.29, 0.717) is 11.3 Å². The third-order valence-electron chi connectivity index (χ3n) is 4.96. The molecule has 0 aliphatic carbocycles. The van der Waals surface area contributed by atoms with Crippen LogP contribution in [0.1, 0.15) is 15.9 Å². The summed E-state index contributed by atoms with van der Waals surface area (Å²) in [5.41, 5.74) is 1.38. The highest BCUT2D eigenvalue weighted by atomic mass is 35.5. The number of methoxy groups -OCH3 is 2. The molecule has 0 bridgehead atoms. The van der Waals surface area contributed by atoms with Gasteiger partial charge in [-0.2, -0.15) is 0 Å². The van der Waals surface area contributed by atoms with Gasteiger partial charge in [-0.1, -0.05) is 35.9 Å². The summed E-state index contributed by atoms with van der Waals surface area (Å²) in [4.78, 5) is 24.9. The largest absolute Gasteiger partial charge is 0.495 e. The summed E-state index contributed by atoms with van der Waals surface area (Å²) in [5.74, 6) is -0.973. The minimum Gasteiger partial charge on any atom is -0.495 e. The first-order valence-corrected chi connectivity index (χ1v) is 11.9. The summed E-state index contributed by atoms with van der Waals surface area (Å²) >= 11 is 6.14. The Balaban J connectivity index is 2.01. The predicted molar refractivity (Wildman–Crippen MR) is 130 cm³/mol. The number of carbonyl (C=O) groups excluding carboxylic acids is 2. The topological polar surface area (TPSA) is 102 Å². The van der Waals surface area contributed by atoms with E-state index in [1.165, 1.54) is 44.6 Å². The minimum atomic E-state index is -4.17. The Bertz CT molecular complexity index is 1310. The van der Waals surface area contributed by atoms with Gasteiger partial charge in [0.05, 0.1) is 30.4 Å². The van der Waals surface area contributed by atoms with Gasteiger partial charge in [-0.3, -0.25) is 9.10 Å². The molecular weight excluding hydrogens is 480 g/mol. The Labute approximate surface area is 203 Å². The number of nitrogens with zero attached hydrogens (tertiary/aromatic N) is 1. The molecule has 0 aliphatic heterocycles. The van der Waals surface area contributed by atoms with Crippen LogP contribution >= 0.6 is 11.6 Å². The van der Waals surface area contributed by atoms with Crippen molar-refractivity contribution in [1.82, 2.24) is 0 Å². The van der Waals surface area contributed by atoms with Crippen molar-refractivity contribution in [1.29, 1.82) is 0 Å². The van der Waals surface area contributed by atoms with Gasteiger partial charge in [-0.05, 0) is 55.0 Å². The number of carbonyl (C=O) groups is 2. The number of esters is 1. The molecule has 3 aromatic carbocycles. The van der Waals surface area contributed by atoms with Crippen molar-refractivity contribution < 1.29 is 27.5 Å². The van der Waals surface area contributed by atoms with Crippen LogP contribution in [-0.4, -0.2) is 41.1 Å². The fourth-order valence-corrected chi connectivity index (χ4v) is 4.81. The Morgan fingerprint density at radius 2 is 1.71 bits per heavy atom. The molecule has 0 aliphatic rings. The highest BCUT2D eigenvalue weighted by molar-refractivity contribution is 7.92.